The molecule has 0 aromatic rings. The van der Waals surface area contributed by atoms with E-state index in [-0.39, 0.29) is 9.99 Å². The van der Waals surface area contributed by atoms with Crippen LogP contribution in [0.4, 0.5) is 0 Å². The van der Waals surface area contributed by atoms with Gasteiger partial charge in [0.05, 0.1) is 4.91 Å². The van der Waals surface area contributed by atoms with Crippen LogP contribution in [0.2, 0.25) is 0 Å². The highest BCUT2D eigenvalue weighted by atomic mass is 79.9. The second-order valence-electron chi connectivity index (χ2n) is 3.02. The van der Waals surface area contributed by atoms with Gasteiger partial charge in [-0.25, -0.2) is 13.4 Å². The molecule has 0 spiro atoms. The van der Waals surface area contributed by atoms with Crippen LogP contribution in [0.25, 0.3) is 0 Å². The maximum Gasteiger partial charge on any atom is 0.229 e. The molecule has 0 atom stereocenters. The molecule has 0 aliphatic carbocycles. The average molecular weight is 267 g/mol. The summed E-state index contributed by atoms with van der Waals surface area (Å²) >= 11 is 2.89. The molecule has 0 saturated heterocycles. The van der Waals surface area contributed by atoms with E-state index in [0.717, 1.165) is 0 Å². The Balaban J connectivity index is 2.67. The SMILES string of the molecule is CC(C)NCC1=CN=C(Br)S1(=O)=O. The minimum Gasteiger partial charge on any atom is -0.310 e. The van der Waals surface area contributed by atoms with E-state index in [4.69, 9.17) is 0 Å². The van der Waals surface area contributed by atoms with Crippen molar-refractivity contribution in [2.24, 2.45) is 4.99 Å². The van der Waals surface area contributed by atoms with Gasteiger partial charge >= 0.3 is 0 Å². The van der Waals surface area contributed by atoms with Crippen LogP contribution >= 0.6 is 15.9 Å². The third-order valence-electron chi connectivity index (χ3n) is 1.56. The number of sulfone groups is 1. The van der Waals surface area contributed by atoms with Crippen molar-refractivity contribution < 1.29 is 8.42 Å². The largest absolute Gasteiger partial charge is 0.310 e. The number of hydrogen-bond donors (Lipinski definition) is 1. The smallest absolute Gasteiger partial charge is 0.229 e. The molecule has 13 heavy (non-hydrogen) atoms. The summed E-state index contributed by atoms with van der Waals surface area (Å²) < 4.78 is 22.8. The van der Waals surface area contributed by atoms with Gasteiger partial charge in [0, 0.05) is 18.8 Å². The van der Waals surface area contributed by atoms with E-state index in [2.05, 4.69) is 26.2 Å². The molecule has 1 N–H and O–H groups in total. The number of hydrogen-bond acceptors (Lipinski definition) is 4. The molecule has 0 aromatic heterocycles. The van der Waals surface area contributed by atoms with Crippen LogP contribution in [0.1, 0.15) is 13.8 Å². The lowest BCUT2D eigenvalue weighted by Crippen LogP contribution is -2.27. The van der Waals surface area contributed by atoms with E-state index < -0.39 is 9.84 Å². The fourth-order valence-electron chi connectivity index (χ4n) is 0.815. The lowest BCUT2D eigenvalue weighted by Gasteiger charge is -2.07. The van der Waals surface area contributed by atoms with Crippen molar-refractivity contribution in [3.05, 3.63) is 11.1 Å². The molecule has 1 aliphatic heterocycles. The molecule has 0 radical (unpaired) electrons. The summed E-state index contributed by atoms with van der Waals surface area (Å²) in [5.74, 6) is 0. The Labute approximate surface area is 86.2 Å². The van der Waals surface area contributed by atoms with Crippen molar-refractivity contribution in [2.45, 2.75) is 19.9 Å². The molecule has 4 nitrogen and oxygen atoms in total. The second-order valence-corrected chi connectivity index (χ2v) is 6.21. The summed E-state index contributed by atoms with van der Waals surface area (Å²) in [6.45, 7) is 4.24. The van der Waals surface area contributed by atoms with Gasteiger partial charge in [0.1, 0.15) is 0 Å². The number of halogens is 1. The summed E-state index contributed by atoms with van der Waals surface area (Å²) in [4.78, 5) is 4.00. The number of nitrogens with zero attached hydrogens (tertiary/aromatic N) is 1. The first kappa shape index (κ1) is 10.9. The highest BCUT2D eigenvalue weighted by molar-refractivity contribution is 9.21. The predicted molar refractivity (Wildman–Crippen MR) is 56.5 cm³/mol. The van der Waals surface area contributed by atoms with E-state index in [9.17, 15) is 8.42 Å². The van der Waals surface area contributed by atoms with Gasteiger partial charge in [-0.1, -0.05) is 13.8 Å². The quantitative estimate of drug-likeness (QED) is 0.830. The Morgan fingerprint density at radius 2 is 2.23 bits per heavy atom. The zero-order chi connectivity index (χ0) is 10.1. The monoisotopic (exact) mass is 266 g/mol. The Morgan fingerprint density at radius 3 is 2.62 bits per heavy atom. The maximum absolute atomic E-state index is 11.4. The summed E-state index contributed by atoms with van der Waals surface area (Å²) in [5.41, 5.74) is 0. The van der Waals surface area contributed by atoms with Gasteiger partial charge in [0.15, 0.2) is 0 Å². The topological polar surface area (TPSA) is 58.5 Å². The Morgan fingerprint density at radius 1 is 1.62 bits per heavy atom. The molecule has 0 amide bonds. The summed E-state index contributed by atoms with van der Waals surface area (Å²) in [7, 11) is -3.30. The fraction of sp³-hybridized carbons (Fsp3) is 0.571. The normalized spacial score (nSPS) is 20.3. The molecule has 6 heteroatoms. The molecular weight excluding hydrogens is 256 g/mol. The van der Waals surface area contributed by atoms with Gasteiger partial charge in [-0.15, -0.1) is 0 Å². The Hall–Kier alpha value is -0.200. The highest BCUT2D eigenvalue weighted by Gasteiger charge is 2.27. The van der Waals surface area contributed by atoms with E-state index >= 15 is 0 Å². The number of aliphatic imine (C=N–C) groups is 1. The fourth-order valence-corrected chi connectivity index (χ4v) is 2.41. The first-order valence-electron chi connectivity index (χ1n) is 3.85. The van der Waals surface area contributed by atoms with Crippen molar-refractivity contribution >= 4 is 29.7 Å². The van der Waals surface area contributed by atoms with Crippen molar-refractivity contribution in [2.75, 3.05) is 6.54 Å². The lowest BCUT2D eigenvalue weighted by molar-refractivity contribution is 0.601. The minimum atomic E-state index is -3.30. The van der Waals surface area contributed by atoms with Gasteiger partial charge in [-0.3, -0.25) is 0 Å². The standard InChI is InChI=1S/C7H11BrN2O2S/c1-5(2)9-3-6-4-10-7(8)13(6,11)12/h4-5,9H,3H2,1-2H3. The third kappa shape index (κ3) is 2.38. The average Bonchev–Trinajstić information content (AvgIpc) is 2.25. The van der Waals surface area contributed by atoms with Gasteiger partial charge < -0.3 is 5.32 Å². The molecule has 0 unspecified atom stereocenters. The van der Waals surface area contributed by atoms with Crippen LogP contribution in [-0.2, 0) is 9.84 Å². The van der Waals surface area contributed by atoms with Crippen molar-refractivity contribution in [3.63, 3.8) is 0 Å². The number of rotatable bonds is 3. The second kappa shape index (κ2) is 3.89. The number of nitrogens with one attached hydrogen (secondary N) is 1. The van der Waals surface area contributed by atoms with E-state index in [1.807, 2.05) is 13.8 Å². The first-order valence-corrected chi connectivity index (χ1v) is 6.13. The first-order chi connectivity index (χ1) is 5.94. The Kier molecular flexibility index (Phi) is 3.26. The van der Waals surface area contributed by atoms with Gasteiger partial charge in [0.2, 0.25) is 13.8 Å². The molecule has 1 aliphatic rings. The van der Waals surface area contributed by atoms with E-state index in [1.54, 1.807) is 0 Å². The van der Waals surface area contributed by atoms with Crippen molar-refractivity contribution in [1.29, 1.82) is 0 Å². The van der Waals surface area contributed by atoms with Crippen molar-refractivity contribution in [3.8, 4) is 0 Å². The van der Waals surface area contributed by atoms with Crippen LogP contribution < -0.4 is 5.32 Å². The summed E-state index contributed by atoms with van der Waals surface area (Å²) in [6, 6.07) is 0.260. The summed E-state index contributed by atoms with van der Waals surface area (Å²) in [6.07, 6.45) is 1.37. The maximum atomic E-state index is 11.4. The zero-order valence-corrected chi connectivity index (χ0v) is 9.81. The van der Waals surface area contributed by atoms with Crippen LogP contribution in [0.5, 0.6) is 0 Å². The van der Waals surface area contributed by atoms with Gasteiger partial charge in [0.25, 0.3) is 0 Å². The van der Waals surface area contributed by atoms with E-state index in [0.29, 0.717) is 11.4 Å². The molecule has 1 heterocycles. The van der Waals surface area contributed by atoms with E-state index in [1.165, 1.54) is 6.20 Å². The molecule has 1 rings (SSSR count). The summed E-state index contributed by atoms with van der Waals surface area (Å²) in [5, 5.41) is 3.02. The van der Waals surface area contributed by atoms with Crippen LogP contribution in [0.3, 0.4) is 0 Å². The van der Waals surface area contributed by atoms with Crippen LogP contribution in [0, 0.1) is 0 Å². The van der Waals surface area contributed by atoms with Gasteiger partial charge in [-0.05, 0) is 15.9 Å². The van der Waals surface area contributed by atoms with Crippen molar-refractivity contribution in [1.82, 2.24) is 5.32 Å². The van der Waals surface area contributed by atoms with Crippen LogP contribution in [0.15, 0.2) is 16.1 Å². The molecule has 0 fully saturated rings. The van der Waals surface area contributed by atoms with Gasteiger partial charge in [-0.2, -0.15) is 0 Å². The minimum absolute atomic E-state index is 0.000515. The lowest BCUT2D eigenvalue weighted by atomic mass is 10.4. The zero-order valence-electron chi connectivity index (χ0n) is 7.41. The molecule has 0 saturated carbocycles. The molecule has 0 bridgehead atoms. The van der Waals surface area contributed by atoms with Crippen LogP contribution in [-0.4, -0.2) is 25.0 Å². The molecule has 0 aromatic carbocycles. The third-order valence-corrected chi connectivity index (χ3v) is 4.53. The molecular formula is C7H11BrN2O2S. The highest BCUT2D eigenvalue weighted by Crippen LogP contribution is 2.19. The predicted octanol–water partition coefficient (Wildman–Crippen LogP) is 1.01. The Bertz CT molecular complexity index is 357. The molecule has 74 valence electrons.